The monoisotopic (exact) mass is 348 g/mol. The topological polar surface area (TPSA) is 70.8 Å². The van der Waals surface area contributed by atoms with Crippen molar-refractivity contribution in [1.82, 2.24) is 9.80 Å². The molecule has 1 aromatic rings. The highest BCUT2D eigenvalue weighted by Crippen LogP contribution is 2.32. The number of piperazine rings is 1. The largest absolute Gasteiger partial charge is 0.395 e. The predicted molar refractivity (Wildman–Crippen MR) is 94.1 cm³/mol. The molecule has 3 heterocycles. The average Bonchev–Trinajstić information content (AvgIpc) is 3.22. The second-order valence-corrected chi connectivity index (χ2v) is 7.26. The van der Waals surface area contributed by atoms with E-state index in [9.17, 15) is 15.2 Å². The molecule has 0 aliphatic carbocycles. The van der Waals surface area contributed by atoms with Gasteiger partial charge in [-0.25, -0.2) is 0 Å². The van der Waals surface area contributed by atoms with E-state index in [1.165, 1.54) is 11.3 Å². The van der Waals surface area contributed by atoms with Gasteiger partial charge < -0.3 is 10.0 Å². The van der Waals surface area contributed by atoms with E-state index in [1.54, 1.807) is 11.0 Å². The highest BCUT2D eigenvalue weighted by atomic mass is 32.1. The number of nitriles is 1. The molecule has 130 valence electrons. The van der Waals surface area contributed by atoms with Crippen LogP contribution in [0.4, 0.5) is 5.00 Å². The van der Waals surface area contributed by atoms with Gasteiger partial charge in [-0.3, -0.25) is 14.6 Å². The van der Waals surface area contributed by atoms with E-state index < -0.39 is 0 Å². The lowest BCUT2D eigenvalue weighted by Gasteiger charge is -2.40. The first-order valence-electron chi connectivity index (χ1n) is 8.57. The van der Waals surface area contributed by atoms with Gasteiger partial charge in [0.15, 0.2) is 0 Å². The molecule has 2 saturated heterocycles. The van der Waals surface area contributed by atoms with Crippen molar-refractivity contribution in [2.75, 3.05) is 44.2 Å². The molecule has 0 radical (unpaired) electrons. The van der Waals surface area contributed by atoms with E-state index in [0.717, 1.165) is 44.0 Å². The lowest BCUT2D eigenvalue weighted by Crippen LogP contribution is -2.55. The molecule has 7 heteroatoms. The highest BCUT2D eigenvalue weighted by Gasteiger charge is 2.39. The van der Waals surface area contributed by atoms with Gasteiger partial charge in [-0.1, -0.05) is 6.92 Å². The summed E-state index contributed by atoms with van der Waals surface area (Å²) in [6.07, 6.45) is 1.76. The Morgan fingerprint density at radius 1 is 1.38 bits per heavy atom. The number of aliphatic hydroxyl groups excluding tert-OH is 1. The Hall–Kier alpha value is -1.46. The molecule has 24 heavy (non-hydrogen) atoms. The van der Waals surface area contributed by atoms with Crippen LogP contribution in [-0.4, -0.2) is 72.2 Å². The lowest BCUT2D eigenvalue weighted by molar-refractivity contribution is -0.122. The Morgan fingerprint density at radius 3 is 2.75 bits per heavy atom. The number of hydrogen-bond acceptors (Lipinski definition) is 6. The van der Waals surface area contributed by atoms with E-state index in [0.29, 0.717) is 12.1 Å². The minimum atomic E-state index is -0.0741. The SMILES string of the molecule is CC[C@@H](CO)N1CCN([C@H]2CCN(c3sccc3C#N)C2=O)CC1. The summed E-state index contributed by atoms with van der Waals surface area (Å²) in [7, 11) is 0. The van der Waals surface area contributed by atoms with Crippen molar-refractivity contribution < 1.29 is 9.90 Å². The molecule has 0 bridgehead atoms. The van der Waals surface area contributed by atoms with Crippen LogP contribution in [0.2, 0.25) is 0 Å². The Morgan fingerprint density at radius 2 is 2.12 bits per heavy atom. The van der Waals surface area contributed by atoms with Crippen LogP contribution in [-0.2, 0) is 4.79 Å². The maximum atomic E-state index is 12.8. The minimum Gasteiger partial charge on any atom is -0.395 e. The molecule has 3 rings (SSSR count). The number of carbonyl (C=O) groups excluding carboxylic acids is 1. The van der Waals surface area contributed by atoms with Crippen LogP contribution in [0.5, 0.6) is 0 Å². The molecule has 1 amide bonds. The summed E-state index contributed by atoms with van der Waals surface area (Å²) in [6, 6.07) is 4.10. The molecule has 2 atom stereocenters. The zero-order chi connectivity index (χ0) is 17.1. The van der Waals surface area contributed by atoms with Gasteiger partial charge in [-0.05, 0) is 24.3 Å². The van der Waals surface area contributed by atoms with Crippen molar-refractivity contribution in [2.24, 2.45) is 0 Å². The van der Waals surface area contributed by atoms with Crippen LogP contribution >= 0.6 is 11.3 Å². The van der Waals surface area contributed by atoms with Gasteiger partial charge >= 0.3 is 0 Å². The Kier molecular flexibility index (Phi) is 5.51. The van der Waals surface area contributed by atoms with Crippen LogP contribution in [0.1, 0.15) is 25.3 Å². The summed E-state index contributed by atoms with van der Waals surface area (Å²) >= 11 is 1.46. The van der Waals surface area contributed by atoms with Gasteiger partial charge in [0.25, 0.3) is 0 Å². The fraction of sp³-hybridized carbons (Fsp3) is 0.647. The Balaban J connectivity index is 1.62. The second-order valence-electron chi connectivity index (χ2n) is 6.36. The number of rotatable bonds is 5. The van der Waals surface area contributed by atoms with Crippen LogP contribution in [0.25, 0.3) is 0 Å². The molecule has 1 aromatic heterocycles. The predicted octanol–water partition coefficient (Wildman–Crippen LogP) is 1.11. The summed E-state index contributed by atoms with van der Waals surface area (Å²) in [5.74, 6) is 0.122. The molecular formula is C17H24N4O2S. The number of carbonyl (C=O) groups is 1. The van der Waals surface area contributed by atoms with E-state index >= 15 is 0 Å². The summed E-state index contributed by atoms with van der Waals surface area (Å²) in [4.78, 5) is 19.2. The quantitative estimate of drug-likeness (QED) is 0.863. The number of amides is 1. The summed E-state index contributed by atoms with van der Waals surface area (Å²) in [5.41, 5.74) is 0.590. The molecular weight excluding hydrogens is 324 g/mol. The van der Waals surface area contributed by atoms with Crippen LogP contribution in [0.15, 0.2) is 11.4 Å². The second kappa shape index (κ2) is 7.62. The Bertz CT molecular complexity index is 614. The zero-order valence-electron chi connectivity index (χ0n) is 14.0. The number of thiophene rings is 1. The van der Waals surface area contributed by atoms with Gasteiger partial charge in [0.2, 0.25) is 5.91 Å². The van der Waals surface area contributed by atoms with E-state index in [4.69, 9.17) is 0 Å². The van der Waals surface area contributed by atoms with E-state index in [2.05, 4.69) is 22.8 Å². The molecule has 2 aliphatic heterocycles. The third kappa shape index (κ3) is 3.20. The zero-order valence-corrected chi connectivity index (χ0v) is 14.8. The normalized spacial score (nSPS) is 24.3. The molecule has 0 saturated carbocycles. The average molecular weight is 348 g/mol. The van der Waals surface area contributed by atoms with Crippen LogP contribution < -0.4 is 4.90 Å². The smallest absolute Gasteiger partial charge is 0.245 e. The third-order valence-electron chi connectivity index (χ3n) is 5.18. The van der Waals surface area contributed by atoms with Crippen molar-refractivity contribution in [3.05, 3.63) is 17.0 Å². The van der Waals surface area contributed by atoms with Crippen LogP contribution in [0, 0.1) is 11.3 Å². The maximum absolute atomic E-state index is 12.8. The molecule has 0 aromatic carbocycles. The maximum Gasteiger partial charge on any atom is 0.245 e. The van der Waals surface area contributed by atoms with Gasteiger partial charge in [0.1, 0.15) is 11.1 Å². The van der Waals surface area contributed by atoms with Gasteiger partial charge in [-0.15, -0.1) is 11.3 Å². The number of nitrogens with zero attached hydrogens (tertiary/aromatic N) is 4. The first-order valence-corrected chi connectivity index (χ1v) is 9.45. The third-order valence-corrected chi connectivity index (χ3v) is 6.11. The molecule has 0 unspecified atom stereocenters. The van der Waals surface area contributed by atoms with Crippen molar-refractivity contribution in [3.63, 3.8) is 0 Å². The molecule has 1 N–H and O–H groups in total. The Labute approximate surface area is 146 Å². The molecule has 6 nitrogen and oxygen atoms in total. The lowest BCUT2D eigenvalue weighted by atomic mass is 10.1. The summed E-state index contributed by atoms with van der Waals surface area (Å²) in [6.45, 7) is 6.48. The molecule has 0 spiro atoms. The highest BCUT2D eigenvalue weighted by molar-refractivity contribution is 7.14. The summed E-state index contributed by atoms with van der Waals surface area (Å²) < 4.78 is 0. The van der Waals surface area contributed by atoms with Gasteiger partial charge in [-0.2, -0.15) is 5.26 Å². The number of aliphatic hydroxyl groups is 1. The number of anilines is 1. The standard InChI is InChI=1S/C17H24N4O2S/c1-2-14(12-22)19-6-8-20(9-7-19)15-3-5-21(16(15)23)17-13(11-18)4-10-24-17/h4,10,14-15,22H,2-3,5-9,12H2,1H3/t14-,15-/m0/s1. The minimum absolute atomic E-state index is 0.0741. The molecule has 2 aliphatic rings. The van der Waals surface area contributed by atoms with Gasteiger partial charge in [0.05, 0.1) is 18.2 Å². The fourth-order valence-corrected chi connectivity index (χ4v) is 4.60. The fourth-order valence-electron chi connectivity index (χ4n) is 3.72. The summed E-state index contributed by atoms with van der Waals surface area (Å²) in [5, 5.41) is 21.3. The first kappa shape index (κ1) is 17.4. The molecule has 2 fully saturated rings. The van der Waals surface area contributed by atoms with Crippen molar-refractivity contribution in [2.45, 2.75) is 31.8 Å². The van der Waals surface area contributed by atoms with Crippen LogP contribution in [0.3, 0.4) is 0 Å². The van der Waals surface area contributed by atoms with Crippen molar-refractivity contribution in [3.8, 4) is 6.07 Å². The number of hydrogen-bond donors (Lipinski definition) is 1. The van der Waals surface area contributed by atoms with E-state index in [1.807, 2.05) is 5.38 Å². The first-order chi connectivity index (χ1) is 11.7. The van der Waals surface area contributed by atoms with E-state index in [-0.39, 0.29) is 24.6 Å². The van der Waals surface area contributed by atoms with Crippen molar-refractivity contribution in [1.29, 1.82) is 5.26 Å². The van der Waals surface area contributed by atoms with Gasteiger partial charge in [0, 0.05) is 38.8 Å². The van der Waals surface area contributed by atoms with Crippen molar-refractivity contribution >= 4 is 22.2 Å².